The summed E-state index contributed by atoms with van der Waals surface area (Å²) in [6.45, 7) is 1.48. The monoisotopic (exact) mass is 337 g/mol. The van der Waals surface area contributed by atoms with Crippen LogP contribution in [0.1, 0.15) is 48.3 Å². The van der Waals surface area contributed by atoms with Crippen LogP contribution in [-0.2, 0) is 4.74 Å². The summed E-state index contributed by atoms with van der Waals surface area (Å²) < 4.78 is 7.46. The quantitative estimate of drug-likeness (QED) is 0.857. The van der Waals surface area contributed by atoms with Gasteiger partial charge >= 0.3 is 0 Å². The lowest BCUT2D eigenvalue weighted by Gasteiger charge is -2.39. The normalized spacial score (nSPS) is 25.8. The van der Waals surface area contributed by atoms with Crippen LogP contribution >= 0.6 is 0 Å². The summed E-state index contributed by atoms with van der Waals surface area (Å²) in [5, 5.41) is 14.0. The van der Waals surface area contributed by atoms with E-state index in [9.17, 15) is 5.26 Å². The molecule has 0 N–H and O–H groups in total. The molecule has 1 atom stereocenters. The molecule has 0 spiro atoms. The van der Waals surface area contributed by atoms with Gasteiger partial charge in [-0.1, -0.05) is 6.07 Å². The van der Waals surface area contributed by atoms with E-state index in [-0.39, 0.29) is 5.92 Å². The molecule has 130 valence electrons. The van der Waals surface area contributed by atoms with E-state index >= 15 is 0 Å². The number of nitriles is 1. The Morgan fingerprint density at radius 3 is 2.80 bits per heavy atom. The van der Waals surface area contributed by atoms with Crippen LogP contribution in [0.3, 0.4) is 0 Å². The second-order valence-corrected chi connectivity index (χ2v) is 7.25. The summed E-state index contributed by atoms with van der Waals surface area (Å²) >= 11 is 0. The molecule has 25 heavy (non-hydrogen) atoms. The summed E-state index contributed by atoms with van der Waals surface area (Å²) in [5.41, 5.74) is 1.56. The van der Waals surface area contributed by atoms with E-state index in [1.54, 1.807) is 0 Å². The zero-order valence-corrected chi connectivity index (χ0v) is 14.7. The third kappa shape index (κ3) is 3.06. The second kappa shape index (κ2) is 6.58. The minimum Gasteiger partial charge on any atom is -0.381 e. The summed E-state index contributed by atoms with van der Waals surface area (Å²) in [4.78, 5) is 7.19. The molecule has 6 nitrogen and oxygen atoms in total. The smallest absolute Gasteiger partial charge is 0.156 e. The number of hydrogen-bond acceptors (Lipinski definition) is 5. The topological polar surface area (TPSA) is 67.0 Å². The maximum Gasteiger partial charge on any atom is 0.156 e. The molecule has 1 saturated heterocycles. The maximum atomic E-state index is 9.20. The predicted molar refractivity (Wildman–Crippen MR) is 93.7 cm³/mol. The first kappa shape index (κ1) is 16.2. The Hall–Kier alpha value is -2.23. The van der Waals surface area contributed by atoms with Crippen LogP contribution < -0.4 is 0 Å². The number of hydrogen-bond donors (Lipinski definition) is 0. The van der Waals surface area contributed by atoms with Crippen LogP contribution in [0.2, 0.25) is 0 Å². The Labute approximate surface area is 148 Å². The van der Waals surface area contributed by atoms with Crippen molar-refractivity contribution in [3.63, 3.8) is 0 Å². The van der Waals surface area contributed by atoms with Gasteiger partial charge in [-0.15, -0.1) is 0 Å². The number of ether oxygens (including phenoxy) is 1. The van der Waals surface area contributed by atoms with Gasteiger partial charge < -0.3 is 9.64 Å². The Bertz CT molecular complexity index is 794. The fraction of sp³-hybridized carbons (Fsp3) is 0.526. The van der Waals surface area contributed by atoms with Crippen LogP contribution in [0.4, 0.5) is 0 Å². The van der Waals surface area contributed by atoms with Gasteiger partial charge in [0.05, 0.1) is 23.9 Å². The van der Waals surface area contributed by atoms with Gasteiger partial charge in [-0.2, -0.15) is 10.4 Å². The van der Waals surface area contributed by atoms with Crippen molar-refractivity contribution in [3.05, 3.63) is 41.5 Å². The van der Waals surface area contributed by atoms with Crippen LogP contribution in [0, 0.1) is 11.3 Å². The molecule has 2 heterocycles. The number of aromatic nitrogens is 3. The summed E-state index contributed by atoms with van der Waals surface area (Å²) in [6, 6.07) is 10.4. The highest BCUT2D eigenvalue weighted by Gasteiger charge is 2.36. The Morgan fingerprint density at radius 1 is 1.28 bits per heavy atom. The van der Waals surface area contributed by atoms with Crippen LogP contribution in [0.25, 0.3) is 5.69 Å². The molecular weight excluding hydrogens is 314 g/mol. The van der Waals surface area contributed by atoms with Crippen molar-refractivity contribution in [2.24, 2.45) is 0 Å². The third-order valence-electron chi connectivity index (χ3n) is 5.37. The number of nitrogens with zero attached hydrogens (tertiary/aromatic N) is 5. The Morgan fingerprint density at radius 2 is 2.12 bits per heavy atom. The van der Waals surface area contributed by atoms with E-state index in [1.807, 2.05) is 28.9 Å². The molecule has 1 unspecified atom stereocenters. The molecule has 6 heteroatoms. The Kier molecular flexibility index (Phi) is 4.28. The van der Waals surface area contributed by atoms with Gasteiger partial charge in [0.2, 0.25) is 0 Å². The fourth-order valence-corrected chi connectivity index (χ4v) is 3.63. The molecule has 2 fully saturated rings. The largest absolute Gasteiger partial charge is 0.381 e. The van der Waals surface area contributed by atoms with Gasteiger partial charge in [0.15, 0.2) is 5.82 Å². The van der Waals surface area contributed by atoms with Crippen LogP contribution in [0.15, 0.2) is 24.3 Å². The fourth-order valence-electron chi connectivity index (χ4n) is 3.63. The molecule has 1 aromatic heterocycles. The van der Waals surface area contributed by atoms with Gasteiger partial charge in [-0.25, -0.2) is 9.67 Å². The summed E-state index contributed by atoms with van der Waals surface area (Å²) in [7, 11) is 4.26. The average Bonchev–Trinajstić information content (AvgIpc) is 3.22. The average molecular weight is 337 g/mol. The lowest BCUT2D eigenvalue weighted by atomic mass is 9.79. The minimum atomic E-state index is 0.281. The first-order valence-corrected chi connectivity index (χ1v) is 8.87. The molecule has 0 amide bonds. The number of benzene rings is 1. The van der Waals surface area contributed by atoms with Gasteiger partial charge in [-0.3, -0.25) is 0 Å². The van der Waals surface area contributed by atoms with Gasteiger partial charge in [0, 0.05) is 24.5 Å². The SMILES string of the molecule is CN(C)C1CC(c2nc(C3CCOC3)nn2-c2cccc(C#N)c2)C1. The highest BCUT2D eigenvalue weighted by Crippen LogP contribution is 2.39. The molecule has 0 bridgehead atoms. The zero-order valence-electron chi connectivity index (χ0n) is 14.7. The van der Waals surface area contributed by atoms with Gasteiger partial charge in [0.25, 0.3) is 0 Å². The van der Waals surface area contributed by atoms with E-state index in [4.69, 9.17) is 14.8 Å². The van der Waals surface area contributed by atoms with Crippen molar-refractivity contribution in [2.45, 2.75) is 37.1 Å². The van der Waals surface area contributed by atoms with Crippen molar-refractivity contribution >= 4 is 0 Å². The molecule has 1 aliphatic carbocycles. The van der Waals surface area contributed by atoms with E-state index in [0.717, 1.165) is 43.2 Å². The number of rotatable bonds is 4. The van der Waals surface area contributed by atoms with Crippen molar-refractivity contribution in [2.75, 3.05) is 27.3 Å². The summed E-state index contributed by atoms with van der Waals surface area (Å²) in [6.07, 6.45) is 3.18. The van der Waals surface area contributed by atoms with Crippen molar-refractivity contribution in [1.82, 2.24) is 19.7 Å². The summed E-state index contributed by atoms with van der Waals surface area (Å²) in [5.74, 6) is 2.60. The third-order valence-corrected chi connectivity index (χ3v) is 5.37. The molecule has 2 aliphatic rings. The molecule has 4 rings (SSSR count). The Balaban J connectivity index is 1.69. The molecule has 1 aliphatic heterocycles. The second-order valence-electron chi connectivity index (χ2n) is 7.25. The van der Waals surface area contributed by atoms with Crippen molar-refractivity contribution in [1.29, 1.82) is 5.26 Å². The van der Waals surface area contributed by atoms with E-state index in [0.29, 0.717) is 24.1 Å². The highest BCUT2D eigenvalue weighted by atomic mass is 16.5. The molecule has 2 aromatic rings. The first-order valence-electron chi connectivity index (χ1n) is 8.87. The maximum absolute atomic E-state index is 9.20. The van der Waals surface area contributed by atoms with Gasteiger partial charge in [0.1, 0.15) is 5.82 Å². The van der Waals surface area contributed by atoms with Gasteiger partial charge in [-0.05, 0) is 51.6 Å². The van der Waals surface area contributed by atoms with Crippen molar-refractivity contribution < 1.29 is 4.74 Å². The predicted octanol–water partition coefficient (Wildman–Crippen LogP) is 2.45. The molecular formula is C19H23N5O. The molecule has 1 aromatic carbocycles. The van der Waals surface area contributed by atoms with Crippen molar-refractivity contribution in [3.8, 4) is 11.8 Å². The van der Waals surface area contributed by atoms with E-state index in [2.05, 4.69) is 25.1 Å². The van der Waals surface area contributed by atoms with E-state index < -0.39 is 0 Å². The zero-order chi connectivity index (χ0) is 17.4. The molecule has 1 saturated carbocycles. The highest BCUT2D eigenvalue weighted by molar-refractivity contribution is 5.41. The first-order chi connectivity index (χ1) is 12.2. The minimum absolute atomic E-state index is 0.281. The lowest BCUT2D eigenvalue weighted by Crippen LogP contribution is -2.40. The molecule has 0 radical (unpaired) electrons. The van der Waals surface area contributed by atoms with Crippen LogP contribution in [0.5, 0.6) is 0 Å². The standard InChI is InChI=1S/C19H23N5O/c1-23(2)17-9-15(10-17)19-21-18(14-6-7-25-12-14)22-24(19)16-5-3-4-13(8-16)11-20/h3-5,8,14-15,17H,6-7,9-10,12H2,1-2H3. The van der Waals surface area contributed by atoms with E-state index in [1.165, 1.54) is 0 Å². The lowest BCUT2D eigenvalue weighted by molar-refractivity contribution is 0.160. The van der Waals surface area contributed by atoms with Crippen LogP contribution in [-0.4, -0.2) is 53.0 Å².